The van der Waals surface area contributed by atoms with Gasteiger partial charge in [0.1, 0.15) is 5.82 Å². The molecular weight excluding hydrogens is 314 g/mol. The minimum Gasteiger partial charge on any atom is -0.338 e. The average Bonchev–Trinajstić information content (AvgIpc) is 3.14. The van der Waals surface area contributed by atoms with E-state index in [1.54, 1.807) is 6.20 Å². The van der Waals surface area contributed by atoms with Gasteiger partial charge in [-0.05, 0) is 11.5 Å². The highest BCUT2D eigenvalue weighted by Crippen LogP contribution is 2.18. The standard InChI is InChI=1S/C19H27N5O/c1-15-12-24(13-16-6-4-3-5-7-16)14-17(15)22-19(25)21-9-8-18-20-10-11-23(18)2/h3-7,10-11,15,17H,8-9,12-14H2,1-2H3,(H2,21,22,25)/t15-,17+/m1/s1. The van der Waals surface area contributed by atoms with E-state index in [1.165, 1.54) is 5.56 Å². The summed E-state index contributed by atoms with van der Waals surface area (Å²) in [5.74, 6) is 1.42. The largest absolute Gasteiger partial charge is 0.338 e. The van der Waals surface area contributed by atoms with Crippen LogP contribution in [-0.2, 0) is 20.0 Å². The Labute approximate surface area is 149 Å². The van der Waals surface area contributed by atoms with Crippen LogP contribution in [0.25, 0.3) is 0 Å². The molecule has 0 saturated carbocycles. The summed E-state index contributed by atoms with van der Waals surface area (Å²) in [5.41, 5.74) is 1.31. The van der Waals surface area contributed by atoms with Crippen molar-refractivity contribution in [3.05, 3.63) is 54.1 Å². The predicted molar refractivity (Wildman–Crippen MR) is 98.1 cm³/mol. The van der Waals surface area contributed by atoms with E-state index in [-0.39, 0.29) is 12.1 Å². The summed E-state index contributed by atoms with van der Waals surface area (Å²) in [6, 6.07) is 10.6. The van der Waals surface area contributed by atoms with Crippen LogP contribution in [-0.4, -0.2) is 46.2 Å². The van der Waals surface area contributed by atoms with Crippen molar-refractivity contribution in [2.45, 2.75) is 25.9 Å². The summed E-state index contributed by atoms with van der Waals surface area (Å²) < 4.78 is 1.97. The first kappa shape index (κ1) is 17.5. The van der Waals surface area contributed by atoms with Crippen molar-refractivity contribution < 1.29 is 4.79 Å². The van der Waals surface area contributed by atoms with Gasteiger partial charge in [-0.1, -0.05) is 37.3 Å². The lowest BCUT2D eigenvalue weighted by Gasteiger charge is -2.18. The number of carbonyl (C=O) groups is 1. The molecule has 134 valence electrons. The molecule has 2 aromatic rings. The zero-order chi connectivity index (χ0) is 17.6. The lowest BCUT2D eigenvalue weighted by molar-refractivity contribution is 0.234. The minimum absolute atomic E-state index is 0.0902. The Morgan fingerprint density at radius 2 is 2.08 bits per heavy atom. The molecule has 1 saturated heterocycles. The van der Waals surface area contributed by atoms with Crippen LogP contribution >= 0.6 is 0 Å². The van der Waals surface area contributed by atoms with Crippen LogP contribution in [0.5, 0.6) is 0 Å². The number of imidazole rings is 1. The molecule has 6 heteroatoms. The van der Waals surface area contributed by atoms with E-state index in [1.807, 2.05) is 23.9 Å². The molecule has 0 aliphatic carbocycles. The summed E-state index contributed by atoms with van der Waals surface area (Å²) in [6.07, 6.45) is 4.42. The SMILES string of the molecule is C[C@@H]1CN(Cc2ccccc2)C[C@@H]1NC(=O)NCCc1nccn1C. The highest BCUT2D eigenvalue weighted by Gasteiger charge is 2.30. The van der Waals surface area contributed by atoms with Gasteiger partial charge in [0.2, 0.25) is 0 Å². The van der Waals surface area contributed by atoms with Crippen molar-refractivity contribution >= 4 is 6.03 Å². The maximum atomic E-state index is 12.2. The predicted octanol–water partition coefficient (Wildman–Crippen LogP) is 1.78. The Morgan fingerprint density at radius 3 is 2.80 bits per heavy atom. The van der Waals surface area contributed by atoms with Crippen molar-refractivity contribution in [2.75, 3.05) is 19.6 Å². The number of benzene rings is 1. The molecule has 0 radical (unpaired) electrons. The second kappa shape index (κ2) is 8.16. The Balaban J connectivity index is 1.41. The molecule has 1 aliphatic rings. The van der Waals surface area contributed by atoms with E-state index in [2.05, 4.69) is 51.7 Å². The number of amides is 2. The molecule has 25 heavy (non-hydrogen) atoms. The van der Waals surface area contributed by atoms with Gasteiger partial charge >= 0.3 is 6.03 Å². The van der Waals surface area contributed by atoms with E-state index < -0.39 is 0 Å². The fourth-order valence-corrected chi connectivity index (χ4v) is 3.37. The van der Waals surface area contributed by atoms with Crippen LogP contribution in [0, 0.1) is 5.92 Å². The van der Waals surface area contributed by atoms with Crippen LogP contribution in [0.1, 0.15) is 18.3 Å². The van der Waals surface area contributed by atoms with Gasteiger partial charge in [-0.15, -0.1) is 0 Å². The number of hydrogen-bond donors (Lipinski definition) is 2. The summed E-state index contributed by atoms with van der Waals surface area (Å²) >= 11 is 0. The molecule has 2 N–H and O–H groups in total. The zero-order valence-corrected chi connectivity index (χ0v) is 15.0. The molecule has 2 heterocycles. The lowest BCUT2D eigenvalue weighted by Crippen LogP contribution is -2.45. The molecule has 2 atom stereocenters. The monoisotopic (exact) mass is 341 g/mol. The highest BCUT2D eigenvalue weighted by molar-refractivity contribution is 5.74. The quantitative estimate of drug-likeness (QED) is 0.842. The van der Waals surface area contributed by atoms with Gasteiger partial charge in [0, 0.05) is 58.1 Å². The number of aromatic nitrogens is 2. The van der Waals surface area contributed by atoms with Gasteiger partial charge < -0.3 is 15.2 Å². The molecule has 1 aromatic heterocycles. The third-order valence-electron chi connectivity index (χ3n) is 4.81. The number of likely N-dealkylation sites (tertiary alicyclic amines) is 1. The third-order valence-corrected chi connectivity index (χ3v) is 4.81. The Hall–Kier alpha value is -2.34. The zero-order valence-electron chi connectivity index (χ0n) is 15.0. The van der Waals surface area contributed by atoms with Gasteiger partial charge in [0.25, 0.3) is 0 Å². The number of nitrogens with one attached hydrogen (secondary N) is 2. The fraction of sp³-hybridized carbons (Fsp3) is 0.474. The molecule has 3 rings (SSSR count). The highest BCUT2D eigenvalue weighted by atomic mass is 16.2. The number of urea groups is 1. The van der Waals surface area contributed by atoms with Gasteiger partial charge in [-0.2, -0.15) is 0 Å². The van der Waals surface area contributed by atoms with Crippen molar-refractivity contribution in [2.24, 2.45) is 13.0 Å². The van der Waals surface area contributed by atoms with Gasteiger partial charge in [-0.25, -0.2) is 9.78 Å². The Bertz CT molecular complexity index is 684. The van der Waals surface area contributed by atoms with Crippen LogP contribution in [0.4, 0.5) is 4.79 Å². The summed E-state index contributed by atoms with van der Waals surface area (Å²) in [5, 5.41) is 6.06. The summed E-state index contributed by atoms with van der Waals surface area (Å²) in [4.78, 5) is 18.8. The van der Waals surface area contributed by atoms with E-state index in [0.29, 0.717) is 12.5 Å². The number of carbonyl (C=O) groups excluding carboxylic acids is 1. The molecule has 0 unspecified atom stereocenters. The van der Waals surface area contributed by atoms with Crippen LogP contribution in [0.3, 0.4) is 0 Å². The average molecular weight is 341 g/mol. The Morgan fingerprint density at radius 1 is 1.28 bits per heavy atom. The number of nitrogens with zero attached hydrogens (tertiary/aromatic N) is 3. The van der Waals surface area contributed by atoms with Crippen molar-refractivity contribution in [1.82, 2.24) is 25.1 Å². The van der Waals surface area contributed by atoms with Gasteiger partial charge in [0.05, 0.1) is 0 Å². The second-order valence-corrected chi connectivity index (χ2v) is 6.87. The van der Waals surface area contributed by atoms with Crippen LogP contribution < -0.4 is 10.6 Å². The topological polar surface area (TPSA) is 62.2 Å². The first-order valence-electron chi connectivity index (χ1n) is 8.88. The molecule has 6 nitrogen and oxygen atoms in total. The van der Waals surface area contributed by atoms with Gasteiger partial charge in [0.15, 0.2) is 0 Å². The van der Waals surface area contributed by atoms with Crippen LogP contribution in [0.15, 0.2) is 42.7 Å². The first-order valence-corrected chi connectivity index (χ1v) is 8.88. The van der Waals surface area contributed by atoms with Crippen molar-refractivity contribution in [1.29, 1.82) is 0 Å². The molecule has 2 amide bonds. The number of hydrogen-bond acceptors (Lipinski definition) is 3. The Kier molecular flexibility index (Phi) is 5.71. The molecular formula is C19H27N5O. The first-order chi connectivity index (χ1) is 12.1. The van der Waals surface area contributed by atoms with E-state index in [4.69, 9.17) is 0 Å². The molecule has 1 fully saturated rings. The maximum absolute atomic E-state index is 12.2. The fourth-order valence-electron chi connectivity index (χ4n) is 3.37. The molecule has 0 spiro atoms. The lowest BCUT2D eigenvalue weighted by atomic mass is 10.1. The van der Waals surface area contributed by atoms with E-state index >= 15 is 0 Å². The second-order valence-electron chi connectivity index (χ2n) is 6.87. The van der Waals surface area contributed by atoms with Crippen molar-refractivity contribution in [3.8, 4) is 0 Å². The third kappa shape index (κ3) is 4.82. The number of rotatable bonds is 6. The summed E-state index contributed by atoms with van der Waals surface area (Å²) in [7, 11) is 1.96. The molecule has 1 aromatic carbocycles. The van der Waals surface area contributed by atoms with Crippen LogP contribution in [0.2, 0.25) is 0 Å². The molecule has 0 bridgehead atoms. The smallest absolute Gasteiger partial charge is 0.315 e. The maximum Gasteiger partial charge on any atom is 0.315 e. The summed E-state index contributed by atoms with van der Waals surface area (Å²) in [6.45, 7) is 5.62. The van der Waals surface area contributed by atoms with E-state index in [9.17, 15) is 4.79 Å². The number of aryl methyl sites for hydroxylation is 1. The molecule has 1 aliphatic heterocycles. The van der Waals surface area contributed by atoms with Crippen molar-refractivity contribution in [3.63, 3.8) is 0 Å². The van der Waals surface area contributed by atoms with Gasteiger partial charge in [-0.3, -0.25) is 4.90 Å². The van der Waals surface area contributed by atoms with E-state index in [0.717, 1.165) is 31.9 Å². The normalized spacial score (nSPS) is 20.6. The minimum atomic E-state index is -0.0902.